The highest BCUT2D eigenvalue weighted by Gasteiger charge is 2.39. The lowest BCUT2D eigenvalue weighted by Gasteiger charge is -2.19. The van der Waals surface area contributed by atoms with Gasteiger partial charge in [-0.25, -0.2) is 0 Å². The number of benzene rings is 1. The lowest BCUT2D eigenvalue weighted by Crippen LogP contribution is -2.12. The van der Waals surface area contributed by atoms with Crippen LogP contribution >= 0.6 is 11.3 Å². The van der Waals surface area contributed by atoms with Crippen LogP contribution in [0, 0.1) is 18.8 Å². The van der Waals surface area contributed by atoms with Crippen molar-refractivity contribution in [3.05, 3.63) is 40.3 Å². The monoisotopic (exact) mass is 269 g/mol. The molecule has 2 aliphatic rings. The quantitative estimate of drug-likeness (QED) is 0.861. The maximum absolute atomic E-state index is 6.04. The van der Waals surface area contributed by atoms with Gasteiger partial charge in [-0.15, -0.1) is 11.3 Å². The van der Waals surface area contributed by atoms with Gasteiger partial charge in [0, 0.05) is 16.1 Å². The Kier molecular flexibility index (Phi) is 2.58. The van der Waals surface area contributed by atoms with Crippen molar-refractivity contribution in [2.75, 3.05) is 6.54 Å². The Morgan fingerprint density at radius 3 is 2.95 bits per heavy atom. The molecule has 0 spiro atoms. The van der Waals surface area contributed by atoms with Crippen molar-refractivity contribution in [3.63, 3.8) is 0 Å². The molecule has 2 aliphatic carbocycles. The van der Waals surface area contributed by atoms with E-state index in [2.05, 4.69) is 31.2 Å². The summed E-state index contributed by atoms with van der Waals surface area (Å²) in [4.78, 5) is 1.40. The maximum atomic E-state index is 6.04. The molecule has 1 fully saturated rings. The molecule has 1 aromatic carbocycles. The zero-order chi connectivity index (χ0) is 13.0. The molecule has 1 nitrogen and oxygen atoms in total. The van der Waals surface area contributed by atoms with Gasteiger partial charge in [0.05, 0.1) is 0 Å². The molecular formula is C17H19NS. The predicted molar refractivity (Wildman–Crippen MR) is 83.4 cm³/mol. The van der Waals surface area contributed by atoms with Gasteiger partial charge in [-0.1, -0.05) is 18.2 Å². The Hall–Kier alpha value is -1.12. The number of thiophene rings is 1. The first-order valence-corrected chi connectivity index (χ1v) is 8.02. The van der Waals surface area contributed by atoms with Crippen molar-refractivity contribution in [2.45, 2.75) is 26.2 Å². The van der Waals surface area contributed by atoms with Gasteiger partial charge in [-0.05, 0) is 66.2 Å². The average molecular weight is 269 g/mol. The molecule has 2 atom stereocenters. The topological polar surface area (TPSA) is 26.0 Å². The van der Waals surface area contributed by atoms with Crippen molar-refractivity contribution in [3.8, 4) is 0 Å². The van der Waals surface area contributed by atoms with Crippen LogP contribution in [-0.4, -0.2) is 6.54 Å². The number of hydrogen-bond donors (Lipinski definition) is 1. The molecule has 1 saturated carbocycles. The van der Waals surface area contributed by atoms with E-state index in [-0.39, 0.29) is 0 Å². The SMILES string of the molecule is Cc1cc2cccc(C3=C(CN)C4CCC3C4)c2s1. The third-order valence-electron chi connectivity index (χ3n) is 4.86. The molecule has 1 heterocycles. The summed E-state index contributed by atoms with van der Waals surface area (Å²) in [6, 6.07) is 9.05. The molecule has 19 heavy (non-hydrogen) atoms. The Morgan fingerprint density at radius 2 is 2.11 bits per heavy atom. The smallest absolute Gasteiger partial charge is 0.0420 e. The van der Waals surface area contributed by atoms with Gasteiger partial charge in [0.1, 0.15) is 0 Å². The van der Waals surface area contributed by atoms with Crippen LogP contribution in [0.1, 0.15) is 29.7 Å². The molecular weight excluding hydrogens is 250 g/mol. The second-order valence-corrected chi connectivity index (χ2v) is 7.19. The maximum Gasteiger partial charge on any atom is 0.0420 e. The van der Waals surface area contributed by atoms with Crippen LogP contribution in [0.4, 0.5) is 0 Å². The minimum absolute atomic E-state index is 0.747. The summed E-state index contributed by atoms with van der Waals surface area (Å²) in [6.07, 6.45) is 4.08. The molecule has 98 valence electrons. The number of rotatable bonds is 2. The molecule has 1 aromatic heterocycles. The first-order chi connectivity index (χ1) is 9.28. The van der Waals surface area contributed by atoms with Crippen LogP contribution in [0.5, 0.6) is 0 Å². The number of aryl methyl sites for hydroxylation is 1. The Labute approximate surface area is 118 Å². The van der Waals surface area contributed by atoms with Crippen LogP contribution in [0.3, 0.4) is 0 Å². The highest BCUT2D eigenvalue weighted by atomic mass is 32.1. The van der Waals surface area contributed by atoms with E-state index >= 15 is 0 Å². The molecule has 0 saturated heterocycles. The third kappa shape index (κ3) is 1.63. The molecule has 2 aromatic rings. The molecule has 2 N–H and O–H groups in total. The standard InChI is InChI=1S/C17H19NS/c1-10-7-13-3-2-4-14(17(13)19-10)16-12-6-5-11(8-12)15(16)9-18/h2-4,7,11-12H,5-6,8-9,18H2,1H3. The molecule has 0 aliphatic heterocycles. The fourth-order valence-corrected chi connectivity index (χ4v) is 5.16. The molecule has 2 heteroatoms. The van der Waals surface area contributed by atoms with Crippen molar-refractivity contribution < 1.29 is 0 Å². The molecule has 0 amide bonds. The fraction of sp³-hybridized carbons (Fsp3) is 0.412. The van der Waals surface area contributed by atoms with Crippen LogP contribution < -0.4 is 5.73 Å². The Bertz CT molecular complexity index is 680. The summed E-state index contributed by atoms with van der Waals surface area (Å²) < 4.78 is 1.47. The molecule has 4 rings (SSSR count). The van der Waals surface area contributed by atoms with Gasteiger partial charge < -0.3 is 5.73 Å². The van der Waals surface area contributed by atoms with E-state index in [1.54, 1.807) is 11.1 Å². The van der Waals surface area contributed by atoms with E-state index in [1.807, 2.05) is 11.3 Å². The summed E-state index contributed by atoms with van der Waals surface area (Å²) in [5.41, 5.74) is 10.7. The summed E-state index contributed by atoms with van der Waals surface area (Å²) >= 11 is 1.93. The van der Waals surface area contributed by atoms with E-state index in [9.17, 15) is 0 Å². The highest BCUT2D eigenvalue weighted by molar-refractivity contribution is 7.19. The van der Waals surface area contributed by atoms with E-state index in [0.29, 0.717) is 0 Å². The van der Waals surface area contributed by atoms with Crippen molar-refractivity contribution >= 4 is 27.0 Å². The number of hydrogen-bond acceptors (Lipinski definition) is 2. The lowest BCUT2D eigenvalue weighted by atomic mass is 9.87. The first-order valence-electron chi connectivity index (χ1n) is 7.20. The fourth-order valence-electron chi connectivity index (χ4n) is 4.12. The normalized spacial score (nSPS) is 25.8. The van der Waals surface area contributed by atoms with Gasteiger partial charge in [-0.3, -0.25) is 0 Å². The van der Waals surface area contributed by atoms with E-state index in [4.69, 9.17) is 5.73 Å². The lowest BCUT2D eigenvalue weighted by molar-refractivity contribution is 0.646. The predicted octanol–water partition coefficient (Wildman–Crippen LogP) is 4.35. The Morgan fingerprint density at radius 1 is 1.26 bits per heavy atom. The summed E-state index contributed by atoms with van der Waals surface area (Å²) in [6.45, 7) is 2.95. The first kappa shape index (κ1) is 11.7. The van der Waals surface area contributed by atoms with Gasteiger partial charge in [-0.2, -0.15) is 0 Å². The van der Waals surface area contributed by atoms with Gasteiger partial charge >= 0.3 is 0 Å². The number of allylic oxidation sites excluding steroid dienone is 1. The highest BCUT2D eigenvalue weighted by Crippen LogP contribution is 2.53. The average Bonchev–Trinajstić information content (AvgIpc) is 3.08. The largest absolute Gasteiger partial charge is 0.327 e. The third-order valence-corrected chi connectivity index (χ3v) is 5.96. The van der Waals surface area contributed by atoms with Crippen LogP contribution in [0.25, 0.3) is 15.7 Å². The second kappa shape index (κ2) is 4.19. The Balaban J connectivity index is 1.97. The van der Waals surface area contributed by atoms with Crippen LogP contribution in [0.15, 0.2) is 29.8 Å². The minimum atomic E-state index is 0.747. The van der Waals surface area contributed by atoms with Crippen molar-refractivity contribution in [2.24, 2.45) is 17.6 Å². The molecule has 0 radical (unpaired) electrons. The molecule has 2 bridgehead atoms. The second-order valence-electron chi connectivity index (χ2n) is 5.93. The number of fused-ring (bicyclic) bond motifs is 3. The van der Waals surface area contributed by atoms with Gasteiger partial charge in [0.15, 0.2) is 0 Å². The summed E-state index contributed by atoms with van der Waals surface area (Å²) in [7, 11) is 0. The van der Waals surface area contributed by atoms with E-state index in [1.165, 1.54) is 39.8 Å². The van der Waals surface area contributed by atoms with E-state index in [0.717, 1.165) is 18.4 Å². The van der Waals surface area contributed by atoms with Crippen molar-refractivity contribution in [1.82, 2.24) is 0 Å². The summed E-state index contributed by atoms with van der Waals surface area (Å²) in [5.74, 6) is 1.55. The van der Waals surface area contributed by atoms with Gasteiger partial charge in [0.2, 0.25) is 0 Å². The van der Waals surface area contributed by atoms with Gasteiger partial charge in [0.25, 0.3) is 0 Å². The zero-order valence-corrected chi connectivity index (χ0v) is 12.1. The van der Waals surface area contributed by atoms with Crippen LogP contribution in [0.2, 0.25) is 0 Å². The zero-order valence-electron chi connectivity index (χ0n) is 11.3. The van der Waals surface area contributed by atoms with Crippen molar-refractivity contribution in [1.29, 1.82) is 0 Å². The minimum Gasteiger partial charge on any atom is -0.327 e. The van der Waals surface area contributed by atoms with E-state index < -0.39 is 0 Å². The number of nitrogens with two attached hydrogens (primary N) is 1. The van der Waals surface area contributed by atoms with Crippen LogP contribution in [-0.2, 0) is 0 Å². The molecule has 2 unspecified atom stereocenters. The summed E-state index contributed by atoms with van der Waals surface area (Å²) in [5, 5.41) is 1.40.